The third-order valence-corrected chi connectivity index (χ3v) is 3.99. The summed E-state index contributed by atoms with van der Waals surface area (Å²) in [5.41, 5.74) is 0. The van der Waals surface area contributed by atoms with Gasteiger partial charge in [0, 0.05) is 12.8 Å². The SMILES string of the molecule is CC(O)Cc1noc(CC2CCCSC2)n1. The summed E-state index contributed by atoms with van der Waals surface area (Å²) < 4.78 is 5.19. The molecular weight excluding hydrogens is 224 g/mol. The van der Waals surface area contributed by atoms with Gasteiger partial charge in [-0.3, -0.25) is 0 Å². The largest absolute Gasteiger partial charge is 0.393 e. The third kappa shape index (κ3) is 3.49. The molecule has 0 aromatic carbocycles. The molecule has 0 amide bonds. The van der Waals surface area contributed by atoms with Gasteiger partial charge in [0.25, 0.3) is 0 Å². The van der Waals surface area contributed by atoms with E-state index in [1.807, 2.05) is 11.8 Å². The summed E-state index contributed by atoms with van der Waals surface area (Å²) in [5, 5.41) is 13.1. The minimum absolute atomic E-state index is 0.407. The molecule has 16 heavy (non-hydrogen) atoms. The van der Waals surface area contributed by atoms with Crippen molar-refractivity contribution in [3.05, 3.63) is 11.7 Å². The summed E-state index contributed by atoms with van der Waals surface area (Å²) in [4.78, 5) is 4.30. The zero-order valence-electron chi connectivity index (χ0n) is 9.56. The molecule has 0 bridgehead atoms. The first-order valence-corrected chi connectivity index (χ1v) is 6.97. The van der Waals surface area contributed by atoms with Crippen LogP contribution in [0.1, 0.15) is 31.5 Å². The molecule has 1 aliphatic heterocycles. The second-order valence-corrected chi connectivity index (χ2v) is 5.59. The van der Waals surface area contributed by atoms with Gasteiger partial charge in [-0.2, -0.15) is 16.7 Å². The van der Waals surface area contributed by atoms with Crippen LogP contribution in [0.5, 0.6) is 0 Å². The molecular formula is C11H18N2O2S. The van der Waals surface area contributed by atoms with Gasteiger partial charge in [0.05, 0.1) is 6.10 Å². The normalized spacial score (nSPS) is 23.2. The van der Waals surface area contributed by atoms with Crippen molar-refractivity contribution in [1.29, 1.82) is 0 Å². The van der Waals surface area contributed by atoms with Gasteiger partial charge in [-0.05, 0) is 37.2 Å². The van der Waals surface area contributed by atoms with Crippen molar-refractivity contribution in [3.63, 3.8) is 0 Å². The van der Waals surface area contributed by atoms with E-state index in [9.17, 15) is 5.11 Å². The predicted molar refractivity (Wildman–Crippen MR) is 63.4 cm³/mol. The van der Waals surface area contributed by atoms with E-state index in [0.717, 1.165) is 12.3 Å². The van der Waals surface area contributed by atoms with Gasteiger partial charge in [0.15, 0.2) is 5.82 Å². The maximum Gasteiger partial charge on any atom is 0.226 e. The Morgan fingerprint density at radius 3 is 3.19 bits per heavy atom. The molecule has 2 heterocycles. The highest BCUT2D eigenvalue weighted by molar-refractivity contribution is 7.99. The zero-order chi connectivity index (χ0) is 11.4. The van der Waals surface area contributed by atoms with Crippen molar-refractivity contribution in [3.8, 4) is 0 Å². The predicted octanol–water partition coefficient (Wildman–Crippen LogP) is 1.68. The molecule has 4 nitrogen and oxygen atoms in total. The Labute approximate surface area is 99.8 Å². The van der Waals surface area contributed by atoms with E-state index in [2.05, 4.69) is 10.1 Å². The molecule has 1 aromatic rings. The summed E-state index contributed by atoms with van der Waals surface area (Å²) >= 11 is 2.01. The summed E-state index contributed by atoms with van der Waals surface area (Å²) in [5.74, 6) is 4.51. The van der Waals surface area contributed by atoms with Gasteiger partial charge in [0.2, 0.25) is 5.89 Å². The average Bonchev–Trinajstić information content (AvgIpc) is 2.66. The van der Waals surface area contributed by atoms with Crippen LogP contribution >= 0.6 is 11.8 Å². The van der Waals surface area contributed by atoms with Crippen molar-refractivity contribution in [1.82, 2.24) is 10.1 Å². The molecule has 0 radical (unpaired) electrons. The molecule has 0 spiro atoms. The molecule has 1 N–H and O–H groups in total. The van der Waals surface area contributed by atoms with Gasteiger partial charge < -0.3 is 9.63 Å². The minimum Gasteiger partial charge on any atom is -0.393 e. The quantitative estimate of drug-likeness (QED) is 0.870. The first-order valence-electron chi connectivity index (χ1n) is 5.81. The van der Waals surface area contributed by atoms with E-state index in [4.69, 9.17) is 4.52 Å². The second-order valence-electron chi connectivity index (χ2n) is 4.44. The van der Waals surface area contributed by atoms with Crippen LogP contribution in [-0.4, -0.2) is 32.9 Å². The molecule has 2 atom stereocenters. The molecule has 0 saturated carbocycles. The number of aliphatic hydroxyl groups is 1. The van der Waals surface area contributed by atoms with Gasteiger partial charge in [-0.25, -0.2) is 0 Å². The Morgan fingerprint density at radius 2 is 2.50 bits per heavy atom. The monoisotopic (exact) mass is 242 g/mol. The number of aromatic nitrogens is 2. The van der Waals surface area contributed by atoms with Crippen molar-refractivity contribution in [2.45, 2.75) is 38.7 Å². The summed E-state index contributed by atoms with van der Waals surface area (Å²) in [6.07, 6.45) is 3.52. The fourth-order valence-corrected chi connectivity index (χ4v) is 3.09. The van der Waals surface area contributed by atoms with Crippen LogP contribution in [0.3, 0.4) is 0 Å². The molecule has 2 unspecified atom stereocenters. The van der Waals surface area contributed by atoms with Crippen LogP contribution in [-0.2, 0) is 12.8 Å². The van der Waals surface area contributed by atoms with E-state index in [1.54, 1.807) is 6.92 Å². The van der Waals surface area contributed by atoms with E-state index < -0.39 is 6.10 Å². The Hall–Kier alpha value is -0.550. The van der Waals surface area contributed by atoms with Crippen molar-refractivity contribution in [2.24, 2.45) is 5.92 Å². The van der Waals surface area contributed by atoms with E-state index >= 15 is 0 Å². The molecule has 0 aliphatic carbocycles. The van der Waals surface area contributed by atoms with Crippen molar-refractivity contribution >= 4 is 11.8 Å². The molecule has 90 valence electrons. The van der Waals surface area contributed by atoms with Crippen LogP contribution in [0.2, 0.25) is 0 Å². The van der Waals surface area contributed by atoms with Gasteiger partial charge >= 0.3 is 0 Å². The lowest BCUT2D eigenvalue weighted by molar-refractivity contribution is 0.191. The summed E-state index contributed by atoms with van der Waals surface area (Å²) in [6.45, 7) is 1.73. The van der Waals surface area contributed by atoms with Crippen LogP contribution in [0.4, 0.5) is 0 Å². The maximum absolute atomic E-state index is 9.21. The van der Waals surface area contributed by atoms with E-state index in [0.29, 0.717) is 18.2 Å². The maximum atomic E-state index is 9.21. The average molecular weight is 242 g/mol. The minimum atomic E-state index is -0.407. The van der Waals surface area contributed by atoms with E-state index in [-0.39, 0.29) is 0 Å². The van der Waals surface area contributed by atoms with Crippen LogP contribution in [0.15, 0.2) is 4.52 Å². The van der Waals surface area contributed by atoms with Gasteiger partial charge in [-0.1, -0.05) is 5.16 Å². The summed E-state index contributed by atoms with van der Waals surface area (Å²) in [6, 6.07) is 0. The van der Waals surface area contributed by atoms with Crippen LogP contribution < -0.4 is 0 Å². The van der Waals surface area contributed by atoms with Crippen molar-refractivity contribution < 1.29 is 9.63 Å². The highest BCUT2D eigenvalue weighted by atomic mass is 32.2. The lowest BCUT2D eigenvalue weighted by Crippen LogP contribution is -2.13. The lowest BCUT2D eigenvalue weighted by atomic mass is 10.0. The zero-order valence-corrected chi connectivity index (χ0v) is 10.4. The van der Waals surface area contributed by atoms with E-state index in [1.165, 1.54) is 24.3 Å². The Kier molecular flexibility index (Phi) is 4.23. The third-order valence-electron chi connectivity index (χ3n) is 2.71. The number of hydrogen-bond donors (Lipinski definition) is 1. The molecule has 1 aliphatic rings. The standard InChI is InChI=1S/C11H18N2O2S/c1-8(14)5-10-12-11(15-13-10)6-9-3-2-4-16-7-9/h8-9,14H,2-7H2,1H3. The molecule has 2 rings (SSSR count). The van der Waals surface area contributed by atoms with Gasteiger partial charge in [-0.15, -0.1) is 0 Å². The number of nitrogens with zero attached hydrogens (tertiary/aromatic N) is 2. The Bertz CT molecular complexity index is 322. The first-order chi connectivity index (χ1) is 7.74. The smallest absolute Gasteiger partial charge is 0.226 e. The second kappa shape index (κ2) is 5.68. The number of aliphatic hydroxyl groups excluding tert-OH is 1. The highest BCUT2D eigenvalue weighted by Crippen LogP contribution is 2.25. The van der Waals surface area contributed by atoms with Crippen molar-refractivity contribution in [2.75, 3.05) is 11.5 Å². The topological polar surface area (TPSA) is 59.2 Å². The van der Waals surface area contributed by atoms with Crippen LogP contribution in [0.25, 0.3) is 0 Å². The number of rotatable bonds is 4. The highest BCUT2D eigenvalue weighted by Gasteiger charge is 2.18. The fourth-order valence-electron chi connectivity index (χ4n) is 1.94. The Balaban J connectivity index is 1.86. The Morgan fingerprint density at radius 1 is 1.62 bits per heavy atom. The molecule has 1 aromatic heterocycles. The molecule has 1 fully saturated rings. The molecule has 1 saturated heterocycles. The first kappa shape index (κ1) is 11.9. The molecule has 5 heteroatoms. The number of thioether (sulfide) groups is 1. The summed E-state index contributed by atoms with van der Waals surface area (Å²) in [7, 11) is 0. The van der Waals surface area contributed by atoms with Gasteiger partial charge in [0.1, 0.15) is 0 Å². The number of hydrogen-bond acceptors (Lipinski definition) is 5. The lowest BCUT2D eigenvalue weighted by Gasteiger charge is -2.19. The van der Waals surface area contributed by atoms with Crippen LogP contribution in [0, 0.1) is 5.92 Å². The fraction of sp³-hybridized carbons (Fsp3) is 0.818.